The fraction of sp³-hybridized carbons (Fsp3) is 0.917. The molecule has 0 aromatic rings. The minimum Gasteiger partial charge on any atom is -0.389 e. The number of sulfonamides is 1. The van der Waals surface area contributed by atoms with Crippen molar-refractivity contribution in [1.82, 2.24) is 9.62 Å². The van der Waals surface area contributed by atoms with Gasteiger partial charge in [-0.1, -0.05) is 13.8 Å². The fourth-order valence-electron chi connectivity index (χ4n) is 1.85. The topological polar surface area (TPSA) is 86.7 Å². The van der Waals surface area contributed by atoms with Gasteiger partial charge in [0.1, 0.15) is 6.04 Å². The Hall–Kier alpha value is -0.660. The average molecular weight is 294 g/mol. The molecular weight excluding hydrogens is 268 g/mol. The number of hydrogen-bond acceptors (Lipinski definition) is 4. The maximum absolute atomic E-state index is 12.2. The van der Waals surface area contributed by atoms with Gasteiger partial charge in [-0.05, 0) is 26.2 Å². The lowest BCUT2D eigenvalue weighted by atomic mass is 10.0. The Balaban J connectivity index is 4.90. The number of nitrogens with zero attached hydrogens (tertiary/aromatic N) is 1. The van der Waals surface area contributed by atoms with Crippen molar-refractivity contribution in [2.75, 3.05) is 19.8 Å². The molecule has 0 aromatic carbocycles. The predicted molar refractivity (Wildman–Crippen MR) is 75.2 cm³/mol. The van der Waals surface area contributed by atoms with Crippen LogP contribution in [0.5, 0.6) is 0 Å². The van der Waals surface area contributed by atoms with E-state index in [4.69, 9.17) is 0 Å². The van der Waals surface area contributed by atoms with Crippen molar-refractivity contribution in [2.45, 2.75) is 45.8 Å². The number of rotatable bonds is 7. The Morgan fingerprint density at radius 3 is 2.16 bits per heavy atom. The zero-order valence-electron chi connectivity index (χ0n) is 12.6. The van der Waals surface area contributed by atoms with Gasteiger partial charge in [0, 0.05) is 13.6 Å². The molecule has 114 valence electrons. The number of nitrogens with one attached hydrogen (secondary N) is 1. The second kappa shape index (κ2) is 6.67. The maximum atomic E-state index is 12.2. The van der Waals surface area contributed by atoms with E-state index in [-0.39, 0.29) is 18.4 Å². The summed E-state index contributed by atoms with van der Waals surface area (Å²) < 4.78 is 25.0. The highest BCUT2D eigenvalue weighted by molar-refractivity contribution is 7.88. The fourth-order valence-corrected chi connectivity index (χ4v) is 2.57. The first kappa shape index (κ1) is 18.3. The number of aliphatic hydroxyl groups is 1. The van der Waals surface area contributed by atoms with Crippen LogP contribution >= 0.6 is 0 Å². The molecule has 0 radical (unpaired) electrons. The number of hydrogen-bond donors (Lipinski definition) is 2. The molecule has 0 aromatic heterocycles. The summed E-state index contributed by atoms with van der Waals surface area (Å²) in [6, 6.07) is -0.789. The van der Waals surface area contributed by atoms with Gasteiger partial charge in [0.2, 0.25) is 15.9 Å². The molecule has 0 bridgehead atoms. The summed E-state index contributed by atoms with van der Waals surface area (Å²) in [6.45, 7) is 7.17. The van der Waals surface area contributed by atoms with Crippen LogP contribution in [-0.2, 0) is 14.8 Å². The molecule has 1 unspecified atom stereocenters. The molecule has 0 fully saturated rings. The molecule has 1 atom stereocenters. The summed E-state index contributed by atoms with van der Waals surface area (Å²) in [5.41, 5.74) is -1.02. The first-order valence-electron chi connectivity index (χ1n) is 6.26. The van der Waals surface area contributed by atoms with E-state index in [1.807, 2.05) is 13.8 Å². The van der Waals surface area contributed by atoms with E-state index in [0.717, 1.165) is 6.26 Å². The van der Waals surface area contributed by atoms with Crippen LogP contribution in [0.1, 0.15) is 34.1 Å². The van der Waals surface area contributed by atoms with Crippen molar-refractivity contribution >= 4 is 15.9 Å². The van der Waals surface area contributed by atoms with E-state index in [9.17, 15) is 18.3 Å². The van der Waals surface area contributed by atoms with Gasteiger partial charge < -0.3 is 10.0 Å². The average Bonchev–Trinajstić information content (AvgIpc) is 2.09. The number of carbonyl (C=O) groups is 1. The molecule has 0 rings (SSSR count). The Bertz CT molecular complexity index is 398. The molecule has 0 heterocycles. The normalized spacial score (nSPS) is 14.5. The lowest BCUT2D eigenvalue weighted by Crippen LogP contribution is -2.50. The molecule has 0 saturated carbocycles. The van der Waals surface area contributed by atoms with Crippen LogP contribution in [0.15, 0.2) is 0 Å². The van der Waals surface area contributed by atoms with Gasteiger partial charge in [-0.25, -0.2) is 13.1 Å². The lowest BCUT2D eigenvalue weighted by Gasteiger charge is -2.29. The highest BCUT2D eigenvalue weighted by Crippen LogP contribution is 2.11. The zero-order chi connectivity index (χ0) is 15.4. The van der Waals surface area contributed by atoms with Crippen molar-refractivity contribution in [3.05, 3.63) is 0 Å². The summed E-state index contributed by atoms with van der Waals surface area (Å²) in [7, 11) is -1.90. The third-order valence-electron chi connectivity index (χ3n) is 2.36. The Morgan fingerprint density at radius 1 is 1.37 bits per heavy atom. The molecule has 0 aliphatic heterocycles. The number of amides is 1. The van der Waals surface area contributed by atoms with Crippen LogP contribution in [0.25, 0.3) is 0 Å². The van der Waals surface area contributed by atoms with E-state index in [2.05, 4.69) is 4.72 Å². The highest BCUT2D eigenvalue weighted by atomic mass is 32.2. The molecule has 1 amide bonds. The maximum Gasteiger partial charge on any atom is 0.240 e. The van der Waals surface area contributed by atoms with Crippen molar-refractivity contribution in [2.24, 2.45) is 5.92 Å². The summed E-state index contributed by atoms with van der Waals surface area (Å²) in [5, 5.41) is 9.70. The number of likely N-dealkylation sites (N-methyl/N-ethyl adjacent to an activating group) is 1. The van der Waals surface area contributed by atoms with Gasteiger partial charge in [-0.3, -0.25) is 4.79 Å². The van der Waals surface area contributed by atoms with E-state index in [0.29, 0.717) is 6.42 Å². The third kappa shape index (κ3) is 8.96. The standard InChI is InChI=1S/C12H26N2O4S/c1-9(2)7-10(13-19(6,17)18)11(15)14(5)8-12(3,4)16/h9-10,13,16H,7-8H2,1-6H3. The van der Waals surface area contributed by atoms with Crippen LogP contribution in [0, 0.1) is 5.92 Å². The van der Waals surface area contributed by atoms with Crippen molar-refractivity contribution in [3.8, 4) is 0 Å². The molecule has 0 saturated heterocycles. The van der Waals surface area contributed by atoms with E-state index in [1.165, 1.54) is 4.90 Å². The van der Waals surface area contributed by atoms with Gasteiger partial charge in [0.25, 0.3) is 0 Å². The SMILES string of the molecule is CC(C)CC(NS(C)(=O)=O)C(=O)N(C)CC(C)(C)O. The lowest BCUT2D eigenvalue weighted by molar-refractivity contribution is -0.134. The molecule has 19 heavy (non-hydrogen) atoms. The Labute approximate surface area is 116 Å². The number of carbonyl (C=O) groups excluding carboxylic acids is 1. The molecule has 7 heteroatoms. The van der Waals surface area contributed by atoms with Gasteiger partial charge in [0.05, 0.1) is 11.9 Å². The summed E-state index contributed by atoms with van der Waals surface area (Å²) >= 11 is 0. The minimum atomic E-state index is -3.45. The van der Waals surface area contributed by atoms with Gasteiger partial charge >= 0.3 is 0 Å². The predicted octanol–water partition coefficient (Wildman–Crippen LogP) is 0.180. The monoisotopic (exact) mass is 294 g/mol. The Kier molecular flexibility index (Phi) is 6.44. The van der Waals surface area contributed by atoms with E-state index in [1.54, 1.807) is 20.9 Å². The van der Waals surface area contributed by atoms with Crippen LogP contribution < -0.4 is 4.72 Å². The van der Waals surface area contributed by atoms with Gasteiger partial charge in [-0.2, -0.15) is 0 Å². The first-order chi connectivity index (χ1) is 8.32. The first-order valence-corrected chi connectivity index (χ1v) is 8.15. The van der Waals surface area contributed by atoms with E-state index < -0.39 is 21.7 Å². The van der Waals surface area contributed by atoms with Crippen LogP contribution in [-0.4, -0.2) is 55.8 Å². The largest absolute Gasteiger partial charge is 0.389 e. The van der Waals surface area contributed by atoms with Crippen LogP contribution in [0.4, 0.5) is 0 Å². The van der Waals surface area contributed by atoms with Crippen molar-refractivity contribution in [3.63, 3.8) is 0 Å². The van der Waals surface area contributed by atoms with Crippen LogP contribution in [0.3, 0.4) is 0 Å². The summed E-state index contributed by atoms with van der Waals surface area (Å²) in [5.74, 6) is -0.153. The smallest absolute Gasteiger partial charge is 0.240 e. The molecular formula is C12H26N2O4S. The second-order valence-electron chi connectivity index (χ2n) is 6.08. The van der Waals surface area contributed by atoms with Crippen molar-refractivity contribution in [1.29, 1.82) is 0 Å². The highest BCUT2D eigenvalue weighted by Gasteiger charge is 2.28. The van der Waals surface area contributed by atoms with Crippen molar-refractivity contribution < 1.29 is 18.3 Å². The molecule has 0 spiro atoms. The molecule has 0 aliphatic carbocycles. The zero-order valence-corrected chi connectivity index (χ0v) is 13.4. The minimum absolute atomic E-state index is 0.145. The van der Waals surface area contributed by atoms with E-state index >= 15 is 0 Å². The Morgan fingerprint density at radius 2 is 1.84 bits per heavy atom. The quantitative estimate of drug-likeness (QED) is 0.701. The summed E-state index contributed by atoms with van der Waals surface area (Å²) in [4.78, 5) is 13.6. The summed E-state index contributed by atoms with van der Waals surface area (Å²) in [6.07, 6.45) is 1.45. The van der Waals surface area contributed by atoms with Crippen LogP contribution in [0.2, 0.25) is 0 Å². The van der Waals surface area contributed by atoms with Gasteiger partial charge in [0.15, 0.2) is 0 Å². The van der Waals surface area contributed by atoms with Gasteiger partial charge in [-0.15, -0.1) is 0 Å². The second-order valence-corrected chi connectivity index (χ2v) is 7.86. The molecule has 0 aliphatic rings. The third-order valence-corrected chi connectivity index (χ3v) is 3.07. The molecule has 2 N–H and O–H groups in total. The molecule has 6 nitrogen and oxygen atoms in total.